The van der Waals surface area contributed by atoms with Crippen molar-refractivity contribution in [3.8, 4) is 0 Å². The SMILES string of the molecule is CCOCCc1nn2c(=O)cc(COC(=O)c3ccc(C(C)(C)C)cc3)nc2s1. The number of hydrogen-bond donors (Lipinski definition) is 0. The third-order valence-corrected chi connectivity index (χ3v) is 5.31. The van der Waals surface area contributed by atoms with Crippen molar-refractivity contribution in [3.63, 3.8) is 0 Å². The van der Waals surface area contributed by atoms with E-state index in [1.165, 1.54) is 21.9 Å². The van der Waals surface area contributed by atoms with Crippen LogP contribution in [-0.2, 0) is 27.9 Å². The Balaban J connectivity index is 1.68. The monoisotopic (exact) mass is 415 g/mol. The van der Waals surface area contributed by atoms with Gasteiger partial charge in [0.05, 0.1) is 17.9 Å². The zero-order valence-corrected chi connectivity index (χ0v) is 17.9. The molecule has 0 saturated heterocycles. The van der Waals surface area contributed by atoms with E-state index in [1.54, 1.807) is 12.1 Å². The van der Waals surface area contributed by atoms with Gasteiger partial charge in [0.25, 0.3) is 5.56 Å². The lowest BCUT2D eigenvalue weighted by molar-refractivity contribution is 0.0467. The van der Waals surface area contributed by atoms with Crippen molar-refractivity contribution in [2.45, 2.75) is 46.1 Å². The zero-order chi connectivity index (χ0) is 21.0. The average molecular weight is 416 g/mol. The van der Waals surface area contributed by atoms with E-state index in [0.717, 1.165) is 10.6 Å². The summed E-state index contributed by atoms with van der Waals surface area (Å²) in [7, 11) is 0. The van der Waals surface area contributed by atoms with Crippen molar-refractivity contribution in [2.24, 2.45) is 0 Å². The molecule has 0 radical (unpaired) electrons. The second-order valence-corrected chi connectivity index (χ2v) is 8.67. The highest BCUT2D eigenvalue weighted by molar-refractivity contribution is 7.16. The first-order valence-electron chi connectivity index (χ1n) is 9.52. The van der Waals surface area contributed by atoms with E-state index < -0.39 is 5.97 Å². The fourth-order valence-corrected chi connectivity index (χ4v) is 3.60. The highest BCUT2D eigenvalue weighted by Crippen LogP contribution is 2.22. The Kier molecular flexibility index (Phi) is 6.44. The van der Waals surface area contributed by atoms with Gasteiger partial charge in [0.15, 0.2) is 0 Å². The molecule has 1 aromatic carbocycles. The summed E-state index contributed by atoms with van der Waals surface area (Å²) in [5.74, 6) is -0.450. The third kappa shape index (κ3) is 5.27. The van der Waals surface area contributed by atoms with Gasteiger partial charge in [-0.1, -0.05) is 44.2 Å². The summed E-state index contributed by atoms with van der Waals surface area (Å²) in [5.41, 5.74) is 1.72. The molecule has 0 fully saturated rings. The highest BCUT2D eigenvalue weighted by Gasteiger charge is 2.15. The zero-order valence-electron chi connectivity index (χ0n) is 17.1. The highest BCUT2D eigenvalue weighted by atomic mass is 32.1. The molecule has 0 aliphatic rings. The van der Waals surface area contributed by atoms with Gasteiger partial charge in [-0.2, -0.15) is 9.61 Å². The number of carbonyl (C=O) groups excluding carboxylic acids is 1. The lowest BCUT2D eigenvalue weighted by Gasteiger charge is -2.18. The van der Waals surface area contributed by atoms with Gasteiger partial charge < -0.3 is 9.47 Å². The van der Waals surface area contributed by atoms with Crippen molar-refractivity contribution in [2.75, 3.05) is 13.2 Å². The molecule has 8 heteroatoms. The minimum atomic E-state index is -0.450. The number of carbonyl (C=O) groups is 1. The summed E-state index contributed by atoms with van der Waals surface area (Å²) in [6.07, 6.45) is 0.621. The summed E-state index contributed by atoms with van der Waals surface area (Å²) in [6.45, 7) is 9.38. The van der Waals surface area contributed by atoms with Crippen LogP contribution in [0.4, 0.5) is 0 Å². The molecule has 0 unspecified atom stereocenters. The second-order valence-electron chi connectivity index (χ2n) is 7.63. The Morgan fingerprint density at radius 2 is 1.93 bits per heavy atom. The summed E-state index contributed by atoms with van der Waals surface area (Å²) in [4.78, 5) is 29.5. The molecule has 0 N–H and O–H groups in total. The standard InChI is InChI=1S/C21H25N3O4S/c1-5-27-11-10-17-23-24-18(25)12-16(22-20(24)29-17)13-28-19(26)14-6-8-15(9-7-14)21(2,3)4/h6-9,12H,5,10-11,13H2,1-4H3. The first-order valence-corrected chi connectivity index (χ1v) is 10.3. The van der Waals surface area contributed by atoms with E-state index in [4.69, 9.17) is 9.47 Å². The van der Waals surface area contributed by atoms with Crippen LogP contribution in [0, 0.1) is 0 Å². The van der Waals surface area contributed by atoms with Crippen LogP contribution in [-0.4, -0.2) is 33.8 Å². The number of esters is 1. The minimum Gasteiger partial charge on any atom is -0.456 e. The summed E-state index contributed by atoms with van der Waals surface area (Å²) < 4.78 is 11.9. The summed E-state index contributed by atoms with van der Waals surface area (Å²) >= 11 is 1.33. The van der Waals surface area contributed by atoms with Crippen LogP contribution in [0.2, 0.25) is 0 Å². The number of fused-ring (bicyclic) bond motifs is 1. The molecule has 7 nitrogen and oxygen atoms in total. The quantitative estimate of drug-likeness (QED) is 0.435. The maximum Gasteiger partial charge on any atom is 0.338 e. The molecule has 154 valence electrons. The first kappa shape index (κ1) is 21.1. The number of aromatic nitrogens is 3. The van der Waals surface area contributed by atoms with E-state index in [9.17, 15) is 9.59 Å². The van der Waals surface area contributed by atoms with Crippen LogP contribution in [0.3, 0.4) is 0 Å². The summed E-state index contributed by atoms with van der Waals surface area (Å²) in [6, 6.07) is 8.70. The largest absolute Gasteiger partial charge is 0.456 e. The molecule has 3 aromatic rings. The number of ether oxygens (including phenoxy) is 2. The molecule has 2 aromatic heterocycles. The predicted molar refractivity (Wildman–Crippen MR) is 112 cm³/mol. The second kappa shape index (κ2) is 8.84. The lowest BCUT2D eigenvalue weighted by atomic mass is 9.87. The molecule has 29 heavy (non-hydrogen) atoms. The van der Waals surface area contributed by atoms with Crippen LogP contribution < -0.4 is 5.56 Å². The molecule has 0 saturated carbocycles. The van der Waals surface area contributed by atoms with Crippen LogP contribution >= 0.6 is 11.3 Å². The molecule has 2 heterocycles. The van der Waals surface area contributed by atoms with E-state index in [0.29, 0.717) is 35.9 Å². The van der Waals surface area contributed by atoms with Gasteiger partial charge in [-0.25, -0.2) is 9.78 Å². The molecule has 0 bridgehead atoms. The Hall–Kier alpha value is -2.58. The number of nitrogens with zero attached hydrogens (tertiary/aromatic N) is 3. The van der Waals surface area contributed by atoms with Gasteiger partial charge in [0.2, 0.25) is 4.96 Å². The van der Waals surface area contributed by atoms with Crippen molar-refractivity contribution < 1.29 is 14.3 Å². The number of hydrogen-bond acceptors (Lipinski definition) is 7. The third-order valence-electron chi connectivity index (χ3n) is 4.34. The van der Waals surface area contributed by atoms with Crippen molar-refractivity contribution in [3.05, 3.63) is 62.5 Å². The molecule has 0 spiro atoms. The smallest absolute Gasteiger partial charge is 0.338 e. The Labute approximate surface area is 173 Å². The van der Waals surface area contributed by atoms with Gasteiger partial charge in [0, 0.05) is 19.1 Å². The van der Waals surface area contributed by atoms with Crippen LogP contribution in [0.5, 0.6) is 0 Å². The maximum atomic E-state index is 12.3. The van der Waals surface area contributed by atoms with Crippen molar-refractivity contribution in [1.82, 2.24) is 14.6 Å². The molecule has 3 rings (SSSR count). The predicted octanol–water partition coefficient (Wildman–Crippen LogP) is 3.38. The Morgan fingerprint density at radius 1 is 1.21 bits per heavy atom. The van der Waals surface area contributed by atoms with Gasteiger partial charge >= 0.3 is 5.97 Å². The Bertz CT molecular complexity index is 1050. The Morgan fingerprint density at radius 3 is 2.59 bits per heavy atom. The van der Waals surface area contributed by atoms with Crippen LogP contribution in [0.1, 0.15) is 54.3 Å². The molecular formula is C21H25N3O4S. The van der Waals surface area contributed by atoms with Crippen LogP contribution in [0.15, 0.2) is 35.1 Å². The molecule has 0 aliphatic carbocycles. The van der Waals surface area contributed by atoms with E-state index >= 15 is 0 Å². The molecule has 0 aliphatic heterocycles. The summed E-state index contributed by atoms with van der Waals surface area (Å²) in [5, 5.41) is 5.04. The fraction of sp³-hybridized carbons (Fsp3) is 0.429. The number of rotatable bonds is 7. The van der Waals surface area contributed by atoms with E-state index in [-0.39, 0.29) is 17.6 Å². The van der Waals surface area contributed by atoms with Crippen molar-refractivity contribution >= 4 is 22.3 Å². The molecule has 0 amide bonds. The number of benzene rings is 1. The van der Waals surface area contributed by atoms with E-state index in [2.05, 4.69) is 30.9 Å². The van der Waals surface area contributed by atoms with Crippen LogP contribution in [0.25, 0.3) is 4.96 Å². The van der Waals surface area contributed by atoms with Gasteiger partial charge in [0.1, 0.15) is 11.6 Å². The topological polar surface area (TPSA) is 82.8 Å². The lowest BCUT2D eigenvalue weighted by Crippen LogP contribution is -2.17. The fourth-order valence-electron chi connectivity index (χ4n) is 2.70. The van der Waals surface area contributed by atoms with Crippen molar-refractivity contribution in [1.29, 1.82) is 0 Å². The van der Waals surface area contributed by atoms with Gasteiger partial charge in [-0.05, 0) is 30.0 Å². The minimum absolute atomic E-state index is 0.0141. The maximum absolute atomic E-state index is 12.3. The van der Waals surface area contributed by atoms with Gasteiger partial charge in [-0.15, -0.1) is 0 Å². The molecular weight excluding hydrogens is 390 g/mol. The normalized spacial score (nSPS) is 11.7. The molecule has 0 atom stereocenters. The van der Waals surface area contributed by atoms with Gasteiger partial charge in [-0.3, -0.25) is 4.79 Å². The average Bonchev–Trinajstić information content (AvgIpc) is 3.09. The van der Waals surface area contributed by atoms with E-state index in [1.807, 2.05) is 19.1 Å². The first-order chi connectivity index (χ1) is 13.8.